The monoisotopic (exact) mass is 333 g/mol. The minimum absolute atomic E-state index is 0.597. The fourth-order valence-corrected chi connectivity index (χ4v) is 5.32. The molecule has 118 valence electrons. The van der Waals surface area contributed by atoms with E-state index in [-0.39, 0.29) is 0 Å². The van der Waals surface area contributed by atoms with Gasteiger partial charge in [-0.1, -0.05) is 0 Å². The zero-order valence-corrected chi connectivity index (χ0v) is 14.7. The minimum atomic E-state index is 0.597. The summed E-state index contributed by atoms with van der Waals surface area (Å²) in [6.07, 6.45) is 4.08. The molecule has 1 N–H and O–H groups in total. The van der Waals surface area contributed by atoms with Gasteiger partial charge in [0.25, 0.3) is 0 Å². The Labute approximate surface area is 140 Å². The van der Waals surface area contributed by atoms with Crippen molar-refractivity contribution in [1.82, 2.24) is 15.2 Å². The van der Waals surface area contributed by atoms with Gasteiger partial charge in [-0.25, -0.2) is 4.98 Å². The highest BCUT2D eigenvalue weighted by molar-refractivity contribution is 7.09. The summed E-state index contributed by atoms with van der Waals surface area (Å²) in [5.41, 5.74) is 5.25. The molecule has 0 amide bonds. The molecular weight excluding hydrogens is 310 g/mol. The van der Waals surface area contributed by atoms with Gasteiger partial charge in [-0.15, -0.1) is 11.3 Å². The molecule has 2 aliphatic rings. The number of nitrogens with one attached hydrogen (secondary N) is 1. The van der Waals surface area contributed by atoms with E-state index >= 15 is 0 Å². The number of hydrogen-bond donors (Lipinski definition) is 1. The Hall–Kier alpha value is -0.750. The number of aryl methyl sites for hydroxylation is 1. The Bertz CT molecular complexity index is 614. The lowest BCUT2D eigenvalue weighted by Crippen LogP contribution is -2.35. The van der Waals surface area contributed by atoms with Crippen LogP contribution in [0.15, 0.2) is 22.3 Å². The van der Waals surface area contributed by atoms with E-state index in [1.165, 1.54) is 48.5 Å². The SMILES string of the molecule is Cc1ncsc1CN(Cc1ccsc1)[C@H]1CC12CCNCC2. The number of hydrogen-bond acceptors (Lipinski definition) is 5. The van der Waals surface area contributed by atoms with Crippen molar-refractivity contribution in [3.63, 3.8) is 0 Å². The summed E-state index contributed by atoms with van der Waals surface area (Å²) >= 11 is 3.61. The zero-order chi connectivity index (χ0) is 15.0. The van der Waals surface area contributed by atoms with Crippen LogP contribution in [0.5, 0.6) is 0 Å². The number of thiazole rings is 1. The molecule has 3 heterocycles. The summed E-state index contributed by atoms with van der Waals surface area (Å²) in [5.74, 6) is 0. The fourth-order valence-electron chi connectivity index (χ4n) is 3.86. The van der Waals surface area contributed by atoms with Crippen LogP contribution in [0.3, 0.4) is 0 Å². The van der Waals surface area contributed by atoms with E-state index in [2.05, 4.69) is 39.0 Å². The second-order valence-corrected chi connectivity index (χ2v) is 8.45. The van der Waals surface area contributed by atoms with Crippen LogP contribution < -0.4 is 5.32 Å². The molecule has 22 heavy (non-hydrogen) atoms. The van der Waals surface area contributed by atoms with Crippen LogP contribution in [-0.4, -0.2) is 29.0 Å². The number of nitrogens with zero attached hydrogens (tertiary/aromatic N) is 2. The summed E-state index contributed by atoms with van der Waals surface area (Å²) in [6.45, 7) is 6.68. The van der Waals surface area contributed by atoms with Crippen LogP contribution in [0.2, 0.25) is 0 Å². The van der Waals surface area contributed by atoms with Crippen LogP contribution in [0, 0.1) is 12.3 Å². The van der Waals surface area contributed by atoms with E-state index < -0.39 is 0 Å². The van der Waals surface area contributed by atoms with E-state index in [0.717, 1.165) is 19.1 Å². The molecular formula is C17H23N3S2. The molecule has 1 saturated carbocycles. The van der Waals surface area contributed by atoms with Gasteiger partial charge in [0.1, 0.15) is 0 Å². The van der Waals surface area contributed by atoms with E-state index in [4.69, 9.17) is 0 Å². The lowest BCUT2D eigenvalue weighted by molar-refractivity contribution is 0.189. The van der Waals surface area contributed by atoms with E-state index in [0.29, 0.717) is 5.41 Å². The van der Waals surface area contributed by atoms with Crippen LogP contribution in [-0.2, 0) is 13.1 Å². The van der Waals surface area contributed by atoms with Crippen molar-refractivity contribution in [3.05, 3.63) is 38.5 Å². The predicted molar refractivity (Wildman–Crippen MR) is 93.4 cm³/mol. The van der Waals surface area contributed by atoms with E-state index in [9.17, 15) is 0 Å². The Morgan fingerprint density at radius 3 is 2.91 bits per heavy atom. The molecule has 1 spiro atoms. The van der Waals surface area contributed by atoms with Crippen molar-refractivity contribution in [2.24, 2.45) is 5.41 Å². The third-order valence-corrected chi connectivity index (χ3v) is 7.00. The quantitative estimate of drug-likeness (QED) is 0.905. The van der Waals surface area contributed by atoms with E-state index in [1.807, 2.05) is 16.8 Å². The average molecular weight is 334 g/mol. The van der Waals surface area contributed by atoms with Crippen LogP contribution >= 0.6 is 22.7 Å². The van der Waals surface area contributed by atoms with Crippen molar-refractivity contribution in [3.8, 4) is 0 Å². The highest BCUT2D eigenvalue weighted by atomic mass is 32.1. The molecule has 0 radical (unpaired) electrons. The van der Waals surface area contributed by atoms with Crippen molar-refractivity contribution < 1.29 is 0 Å². The molecule has 0 bridgehead atoms. The number of aromatic nitrogens is 1. The van der Waals surface area contributed by atoms with Gasteiger partial charge < -0.3 is 5.32 Å². The van der Waals surface area contributed by atoms with Gasteiger partial charge in [-0.05, 0) is 67.1 Å². The Balaban J connectivity index is 1.52. The first-order valence-corrected chi connectivity index (χ1v) is 9.94. The molecule has 1 atom stereocenters. The average Bonchev–Trinajstić information content (AvgIpc) is 2.90. The van der Waals surface area contributed by atoms with Crippen molar-refractivity contribution in [2.45, 2.75) is 45.3 Å². The van der Waals surface area contributed by atoms with Crippen LogP contribution in [0.1, 0.15) is 35.4 Å². The third kappa shape index (κ3) is 2.87. The first-order valence-electron chi connectivity index (χ1n) is 8.12. The molecule has 1 aliphatic heterocycles. The highest BCUT2D eigenvalue weighted by Crippen LogP contribution is 2.56. The molecule has 0 aromatic carbocycles. The number of piperidine rings is 1. The minimum Gasteiger partial charge on any atom is -0.317 e. The Morgan fingerprint density at radius 1 is 1.36 bits per heavy atom. The lowest BCUT2D eigenvalue weighted by atomic mass is 9.93. The third-order valence-electron chi connectivity index (χ3n) is 5.34. The van der Waals surface area contributed by atoms with Gasteiger partial charge in [0, 0.05) is 24.0 Å². The fraction of sp³-hybridized carbons (Fsp3) is 0.588. The first-order chi connectivity index (χ1) is 10.8. The van der Waals surface area contributed by atoms with Crippen molar-refractivity contribution in [2.75, 3.05) is 13.1 Å². The molecule has 1 aliphatic carbocycles. The molecule has 2 aromatic rings. The molecule has 2 aromatic heterocycles. The summed E-state index contributed by atoms with van der Waals surface area (Å²) in [4.78, 5) is 8.59. The van der Waals surface area contributed by atoms with Crippen molar-refractivity contribution >= 4 is 22.7 Å². The number of rotatable bonds is 5. The molecule has 0 unspecified atom stereocenters. The van der Waals surface area contributed by atoms with Gasteiger partial charge in [-0.3, -0.25) is 4.90 Å². The maximum atomic E-state index is 4.43. The molecule has 3 nitrogen and oxygen atoms in total. The summed E-state index contributed by atoms with van der Waals surface area (Å²) in [5, 5.41) is 8.00. The second kappa shape index (κ2) is 6.04. The normalized spacial score (nSPS) is 23.3. The Morgan fingerprint density at radius 2 is 2.23 bits per heavy atom. The largest absolute Gasteiger partial charge is 0.317 e. The zero-order valence-electron chi connectivity index (χ0n) is 13.0. The van der Waals surface area contributed by atoms with Crippen molar-refractivity contribution in [1.29, 1.82) is 0 Å². The molecule has 5 heteroatoms. The van der Waals surface area contributed by atoms with Gasteiger partial charge in [0.05, 0.1) is 11.2 Å². The maximum absolute atomic E-state index is 4.43. The standard InChI is InChI=1S/C17H23N3S2/c1-13-15(22-12-19-13)10-20(9-14-2-7-21-11-14)16-8-17(16)3-5-18-6-4-17/h2,7,11-12,16,18H,3-6,8-10H2,1H3/t16-/m0/s1. The van der Waals surface area contributed by atoms with Crippen LogP contribution in [0.4, 0.5) is 0 Å². The molecule has 2 fully saturated rings. The molecule has 4 rings (SSSR count). The van der Waals surface area contributed by atoms with Gasteiger partial charge in [0.2, 0.25) is 0 Å². The van der Waals surface area contributed by atoms with Gasteiger partial charge in [0.15, 0.2) is 0 Å². The number of thiophene rings is 1. The topological polar surface area (TPSA) is 28.2 Å². The summed E-state index contributed by atoms with van der Waals surface area (Å²) in [7, 11) is 0. The van der Waals surface area contributed by atoms with Crippen LogP contribution in [0.25, 0.3) is 0 Å². The maximum Gasteiger partial charge on any atom is 0.0798 e. The summed E-state index contributed by atoms with van der Waals surface area (Å²) < 4.78 is 0. The Kier molecular flexibility index (Phi) is 4.07. The predicted octanol–water partition coefficient (Wildman–Crippen LogP) is 3.66. The van der Waals surface area contributed by atoms with Gasteiger partial charge >= 0.3 is 0 Å². The second-order valence-electron chi connectivity index (χ2n) is 6.73. The highest BCUT2D eigenvalue weighted by Gasteiger charge is 2.56. The summed E-state index contributed by atoms with van der Waals surface area (Å²) in [6, 6.07) is 3.03. The molecule has 1 saturated heterocycles. The lowest BCUT2D eigenvalue weighted by Gasteiger charge is -2.29. The smallest absolute Gasteiger partial charge is 0.0798 e. The van der Waals surface area contributed by atoms with E-state index in [1.54, 1.807) is 11.3 Å². The van der Waals surface area contributed by atoms with Gasteiger partial charge in [-0.2, -0.15) is 11.3 Å². The first kappa shape index (κ1) is 14.8.